The lowest BCUT2D eigenvalue weighted by Gasteiger charge is -2.49. The van der Waals surface area contributed by atoms with Crippen LogP contribution in [-0.2, 0) is 33.2 Å². The smallest absolute Gasteiger partial charge is 0.311 e. The first-order valence-electron chi connectivity index (χ1n) is 18.7. The van der Waals surface area contributed by atoms with Gasteiger partial charge in [0, 0.05) is 37.3 Å². The number of methoxy groups -OCH3 is 1. The second-order valence-electron chi connectivity index (χ2n) is 16.6. The minimum Gasteiger partial charge on any atom is -0.459 e. The zero-order chi connectivity index (χ0) is 39.7. The molecule has 0 aliphatic carbocycles. The Morgan fingerprint density at radius 1 is 0.923 bits per heavy atom. The lowest BCUT2D eigenvalue weighted by Crippen LogP contribution is -2.61. The third kappa shape index (κ3) is 9.47. The van der Waals surface area contributed by atoms with Gasteiger partial charge in [-0.2, -0.15) is 0 Å². The molecule has 3 aliphatic rings. The van der Waals surface area contributed by atoms with E-state index in [1.54, 1.807) is 55.4 Å². The van der Waals surface area contributed by atoms with E-state index in [0.29, 0.717) is 6.42 Å². The van der Waals surface area contributed by atoms with E-state index in [4.69, 9.17) is 28.4 Å². The molecule has 18 atom stereocenters. The Morgan fingerprint density at radius 3 is 2.08 bits per heavy atom. The SMILES string of the molecule is CC[C@H]1OC(=O)[C@H](C)[C@@H](O[C@@H]2C[C@@](C)(OC)[C@@H](O)[C@H](C)O2)[C@H](C)[C@@H](O[C@@H]2O[C@H](C)C[C@H](N(C)C)[C@H]2O)[C@](C)(O)C[C@@H](C)/C(=N/O)[C@@H](C)[C@@H](O)[C@]1(C)O. The minimum atomic E-state index is -1.97. The molecule has 304 valence electrons. The van der Waals surface area contributed by atoms with E-state index in [0.717, 1.165) is 0 Å². The highest BCUT2D eigenvalue weighted by atomic mass is 16.7. The number of aliphatic hydroxyl groups excluding tert-OH is 3. The third-order valence-corrected chi connectivity index (χ3v) is 12.0. The molecule has 0 bridgehead atoms. The van der Waals surface area contributed by atoms with Crippen molar-refractivity contribution in [1.82, 2.24) is 4.90 Å². The van der Waals surface area contributed by atoms with Crippen LogP contribution < -0.4 is 0 Å². The number of ether oxygens (including phenoxy) is 6. The number of oxime groups is 1. The van der Waals surface area contributed by atoms with Gasteiger partial charge in [-0.25, -0.2) is 0 Å². The maximum Gasteiger partial charge on any atom is 0.311 e. The van der Waals surface area contributed by atoms with E-state index in [9.17, 15) is 35.5 Å². The predicted octanol–water partition coefficient (Wildman–Crippen LogP) is 2.05. The first-order valence-corrected chi connectivity index (χ1v) is 18.7. The summed E-state index contributed by atoms with van der Waals surface area (Å²) in [5.41, 5.74) is -4.68. The summed E-state index contributed by atoms with van der Waals surface area (Å²) in [6.07, 6.45) is -9.51. The number of hydrogen-bond acceptors (Lipinski definition) is 15. The molecule has 3 rings (SSSR count). The van der Waals surface area contributed by atoms with Gasteiger partial charge in [0.25, 0.3) is 0 Å². The second kappa shape index (κ2) is 17.5. The van der Waals surface area contributed by atoms with Crippen LogP contribution in [0.4, 0.5) is 0 Å². The van der Waals surface area contributed by atoms with E-state index < -0.39 is 102 Å². The van der Waals surface area contributed by atoms with E-state index in [1.807, 2.05) is 25.9 Å². The van der Waals surface area contributed by atoms with Gasteiger partial charge in [-0.15, -0.1) is 0 Å². The fraction of sp³-hybridized carbons (Fsp3) is 0.946. The van der Waals surface area contributed by atoms with Gasteiger partial charge in [0.05, 0.1) is 53.4 Å². The van der Waals surface area contributed by atoms with Gasteiger partial charge >= 0.3 is 5.97 Å². The first-order chi connectivity index (χ1) is 24.0. The van der Waals surface area contributed by atoms with Crippen LogP contribution in [0.5, 0.6) is 0 Å². The van der Waals surface area contributed by atoms with E-state index in [2.05, 4.69) is 5.16 Å². The van der Waals surface area contributed by atoms with Gasteiger partial charge in [0.1, 0.15) is 23.9 Å². The number of rotatable bonds is 7. The topological polar surface area (TPSA) is 209 Å². The van der Waals surface area contributed by atoms with Crippen molar-refractivity contribution in [1.29, 1.82) is 0 Å². The molecule has 0 aromatic heterocycles. The lowest BCUT2D eigenvalue weighted by atomic mass is 9.73. The Bertz CT molecular complexity index is 1200. The largest absolute Gasteiger partial charge is 0.459 e. The highest BCUT2D eigenvalue weighted by Gasteiger charge is 2.53. The summed E-state index contributed by atoms with van der Waals surface area (Å²) in [6, 6.07) is -0.322. The van der Waals surface area contributed by atoms with E-state index in [-0.39, 0.29) is 37.1 Å². The number of nitrogens with zero attached hydrogens (tertiary/aromatic N) is 2. The number of carbonyl (C=O) groups excluding carboxylic acids is 1. The second-order valence-corrected chi connectivity index (χ2v) is 16.6. The summed E-state index contributed by atoms with van der Waals surface area (Å²) >= 11 is 0. The highest BCUT2D eigenvalue weighted by molar-refractivity contribution is 5.88. The summed E-state index contributed by atoms with van der Waals surface area (Å²) in [4.78, 5) is 16.0. The molecule has 0 radical (unpaired) electrons. The Hall–Kier alpha value is -1.50. The molecule has 15 nitrogen and oxygen atoms in total. The molecule has 15 heteroatoms. The number of hydrogen-bond donors (Lipinski definition) is 6. The molecule has 0 amide bonds. The van der Waals surface area contributed by atoms with Crippen molar-refractivity contribution in [2.24, 2.45) is 28.8 Å². The Morgan fingerprint density at radius 2 is 1.54 bits per heavy atom. The normalized spacial score (nSPS) is 49.8. The summed E-state index contributed by atoms with van der Waals surface area (Å²) in [7, 11) is 5.19. The molecule has 0 spiro atoms. The van der Waals surface area contributed by atoms with Crippen LogP contribution in [0, 0.1) is 23.7 Å². The molecule has 3 fully saturated rings. The zero-order valence-corrected chi connectivity index (χ0v) is 33.4. The molecule has 0 unspecified atom stereocenters. The maximum absolute atomic E-state index is 14.1. The fourth-order valence-electron chi connectivity index (χ4n) is 8.61. The zero-order valence-electron chi connectivity index (χ0n) is 33.4. The Kier molecular flexibility index (Phi) is 15.1. The summed E-state index contributed by atoms with van der Waals surface area (Å²) in [5, 5.41) is 71.8. The Labute approximate surface area is 309 Å². The van der Waals surface area contributed by atoms with Crippen LogP contribution in [-0.4, -0.2) is 153 Å². The standard InChI is InChI=1S/C37H68N2O13/c1-14-25-37(10,45)30(41)20(4)27(38-46)18(2)16-35(8,44)32(52-34-28(40)24(39(11)12)15-19(3)48-34)21(5)29(22(6)33(43)50-25)51-26-17-36(9,47-13)31(42)23(7)49-26/h18-26,28-32,34,40-42,44-46H,14-17H2,1-13H3/b38-27-/t18-,19-,20-,21+,22-,23+,24+,25-,26-,28-,29+,30-,31+,32-,34+,35-,36-,37-/m1/s1. The summed E-state index contributed by atoms with van der Waals surface area (Å²) < 4.78 is 37.2. The molecule has 3 aliphatic heterocycles. The van der Waals surface area contributed by atoms with Crippen LogP contribution in [0.15, 0.2) is 5.16 Å². The van der Waals surface area contributed by atoms with Crippen LogP contribution in [0.25, 0.3) is 0 Å². The van der Waals surface area contributed by atoms with Crippen LogP contribution >= 0.6 is 0 Å². The number of esters is 1. The van der Waals surface area contributed by atoms with E-state index >= 15 is 0 Å². The van der Waals surface area contributed by atoms with Gasteiger partial charge in [-0.1, -0.05) is 32.9 Å². The maximum atomic E-state index is 14.1. The number of carbonyl (C=O) groups is 1. The van der Waals surface area contributed by atoms with Crippen molar-refractivity contribution < 1.29 is 64.0 Å². The molecule has 3 heterocycles. The van der Waals surface area contributed by atoms with Crippen molar-refractivity contribution in [3.63, 3.8) is 0 Å². The molecule has 0 saturated carbocycles. The van der Waals surface area contributed by atoms with Crippen LogP contribution in [0.3, 0.4) is 0 Å². The molecular weight excluding hydrogens is 680 g/mol. The molecule has 52 heavy (non-hydrogen) atoms. The molecular formula is C37H68N2O13. The predicted molar refractivity (Wildman–Crippen MR) is 190 cm³/mol. The average Bonchev–Trinajstić information content (AvgIpc) is 3.06. The molecule has 3 saturated heterocycles. The van der Waals surface area contributed by atoms with Gasteiger partial charge in [-0.3, -0.25) is 4.79 Å². The van der Waals surface area contributed by atoms with Gasteiger partial charge in [0.15, 0.2) is 12.6 Å². The number of likely N-dealkylation sites (N-methyl/N-ethyl adjacent to an activating group) is 1. The minimum absolute atomic E-state index is 0.0657. The first kappa shape index (κ1) is 44.9. The van der Waals surface area contributed by atoms with Gasteiger partial charge < -0.3 is 64.1 Å². The van der Waals surface area contributed by atoms with Gasteiger partial charge in [-0.05, 0) is 74.9 Å². The quantitative estimate of drug-likeness (QED) is 0.125. The van der Waals surface area contributed by atoms with Crippen LogP contribution in [0.1, 0.15) is 94.9 Å². The van der Waals surface area contributed by atoms with Crippen molar-refractivity contribution in [3.05, 3.63) is 0 Å². The van der Waals surface area contributed by atoms with E-state index in [1.165, 1.54) is 14.0 Å². The molecule has 0 aromatic rings. The van der Waals surface area contributed by atoms with Crippen molar-refractivity contribution in [3.8, 4) is 0 Å². The van der Waals surface area contributed by atoms with Crippen molar-refractivity contribution >= 4 is 11.7 Å². The van der Waals surface area contributed by atoms with Crippen molar-refractivity contribution in [2.45, 2.75) is 179 Å². The summed E-state index contributed by atoms with van der Waals surface area (Å²) in [6.45, 7) is 16.6. The number of aliphatic hydroxyl groups is 5. The third-order valence-electron chi connectivity index (χ3n) is 12.0. The monoisotopic (exact) mass is 748 g/mol. The lowest BCUT2D eigenvalue weighted by molar-refractivity contribution is -0.317. The highest BCUT2D eigenvalue weighted by Crippen LogP contribution is 2.41. The Balaban J connectivity index is 2.21. The molecule has 0 aromatic carbocycles. The van der Waals surface area contributed by atoms with Crippen LogP contribution in [0.2, 0.25) is 0 Å². The molecule has 6 N–H and O–H groups in total. The van der Waals surface area contributed by atoms with Crippen molar-refractivity contribution in [2.75, 3.05) is 21.2 Å². The fourth-order valence-corrected chi connectivity index (χ4v) is 8.61. The average molecular weight is 749 g/mol. The van der Waals surface area contributed by atoms with Gasteiger partial charge in [0.2, 0.25) is 0 Å². The number of cyclic esters (lactones) is 1. The summed E-state index contributed by atoms with van der Waals surface area (Å²) in [5.74, 6) is -4.24.